The Morgan fingerprint density at radius 1 is 1.38 bits per heavy atom. The van der Waals surface area contributed by atoms with Gasteiger partial charge >= 0.3 is 6.09 Å². The fourth-order valence-electron chi connectivity index (χ4n) is 2.16. The van der Waals surface area contributed by atoms with Crippen LogP contribution in [-0.4, -0.2) is 17.4 Å². The number of carbonyl (C=O) groups excluding carboxylic acids is 1. The summed E-state index contributed by atoms with van der Waals surface area (Å²) in [5, 5.41) is 7.10. The second kappa shape index (κ2) is 6.87. The van der Waals surface area contributed by atoms with E-state index in [9.17, 15) is 4.79 Å². The molecule has 0 aromatic heterocycles. The van der Waals surface area contributed by atoms with E-state index in [-0.39, 0.29) is 0 Å². The van der Waals surface area contributed by atoms with Crippen LogP contribution in [-0.2, 0) is 11.2 Å². The highest BCUT2D eigenvalue weighted by Gasteiger charge is 2.20. The molecule has 21 heavy (non-hydrogen) atoms. The van der Waals surface area contributed by atoms with E-state index >= 15 is 0 Å². The monoisotopic (exact) mass is 419 g/mol. The number of ether oxygens (including phenoxy) is 1. The van der Waals surface area contributed by atoms with Crippen LogP contribution < -0.4 is 10.1 Å². The average molecular weight is 419 g/mol. The van der Waals surface area contributed by atoms with Gasteiger partial charge in [0.05, 0.1) is 5.71 Å². The fraction of sp³-hybridized carbons (Fsp3) is 0.429. The van der Waals surface area contributed by atoms with Gasteiger partial charge in [-0.15, -0.1) is 0 Å². The standard InChI is InChI=1S/C14H18IN3O2S/c1-14(2,3)20-13(19)16-10-5-6-11-9(8-10)4-7-12(11)17-18-21-15/h5-6,8,18H,4,7H2,1-3H3,(H,16,19)/b17-12+. The molecule has 2 rings (SSSR count). The summed E-state index contributed by atoms with van der Waals surface area (Å²) in [6.07, 6.45) is 1.42. The molecule has 0 heterocycles. The molecule has 1 aromatic rings. The van der Waals surface area contributed by atoms with E-state index in [0.29, 0.717) is 0 Å². The van der Waals surface area contributed by atoms with Gasteiger partial charge in [0, 0.05) is 41.6 Å². The largest absolute Gasteiger partial charge is 0.444 e. The minimum Gasteiger partial charge on any atom is -0.444 e. The molecule has 0 spiro atoms. The summed E-state index contributed by atoms with van der Waals surface area (Å²) in [4.78, 5) is 14.7. The summed E-state index contributed by atoms with van der Waals surface area (Å²) >= 11 is 2.14. The number of hydrogen-bond donors (Lipinski definition) is 2. The second-order valence-electron chi connectivity index (χ2n) is 5.73. The molecule has 0 saturated carbocycles. The van der Waals surface area contributed by atoms with Gasteiger partial charge in [0.1, 0.15) is 5.60 Å². The van der Waals surface area contributed by atoms with Gasteiger partial charge < -0.3 is 4.74 Å². The van der Waals surface area contributed by atoms with Crippen molar-refractivity contribution in [2.75, 3.05) is 5.32 Å². The first kappa shape index (κ1) is 16.4. The minimum atomic E-state index is -0.497. The van der Waals surface area contributed by atoms with Gasteiger partial charge in [-0.25, -0.2) is 9.63 Å². The van der Waals surface area contributed by atoms with Gasteiger partial charge in [0.15, 0.2) is 0 Å². The Morgan fingerprint density at radius 3 is 2.81 bits per heavy atom. The van der Waals surface area contributed by atoms with E-state index in [4.69, 9.17) is 4.74 Å². The van der Waals surface area contributed by atoms with E-state index in [1.807, 2.05) is 39.0 Å². The van der Waals surface area contributed by atoms with E-state index in [0.717, 1.165) is 29.8 Å². The van der Waals surface area contributed by atoms with Crippen LogP contribution in [0, 0.1) is 0 Å². The Hall–Kier alpha value is -0.960. The number of nitrogens with one attached hydrogen (secondary N) is 2. The molecule has 1 aromatic carbocycles. The number of benzene rings is 1. The lowest BCUT2D eigenvalue weighted by Gasteiger charge is -2.19. The molecule has 114 valence electrons. The molecule has 7 heteroatoms. The number of fused-ring (bicyclic) bond motifs is 1. The lowest BCUT2D eigenvalue weighted by Crippen LogP contribution is -2.27. The maximum atomic E-state index is 11.8. The van der Waals surface area contributed by atoms with E-state index in [1.165, 1.54) is 14.7 Å². The lowest BCUT2D eigenvalue weighted by atomic mass is 10.1. The quantitative estimate of drug-likeness (QED) is 0.437. The zero-order chi connectivity index (χ0) is 15.5. The maximum Gasteiger partial charge on any atom is 0.412 e. The van der Waals surface area contributed by atoms with Gasteiger partial charge in [-0.3, -0.25) is 5.32 Å². The predicted octanol–water partition coefficient (Wildman–Crippen LogP) is 4.27. The van der Waals surface area contributed by atoms with Crippen molar-refractivity contribution in [3.63, 3.8) is 0 Å². The van der Waals surface area contributed by atoms with Crippen molar-refractivity contribution >= 4 is 47.8 Å². The average Bonchev–Trinajstić information content (AvgIpc) is 2.76. The van der Waals surface area contributed by atoms with Crippen LogP contribution in [0.2, 0.25) is 0 Å². The number of halogens is 1. The van der Waals surface area contributed by atoms with Crippen molar-refractivity contribution in [2.45, 2.75) is 39.2 Å². The molecule has 0 aliphatic heterocycles. The number of amides is 1. The number of rotatable bonds is 3. The molecule has 0 saturated heterocycles. The summed E-state index contributed by atoms with van der Waals surface area (Å²) in [6, 6.07) is 5.85. The van der Waals surface area contributed by atoms with Crippen molar-refractivity contribution in [1.29, 1.82) is 0 Å². The highest BCUT2D eigenvalue weighted by atomic mass is 127. The summed E-state index contributed by atoms with van der Waals surface area (Å²) in [5.41, 5.74) is 3.65. The summed E-state index contributed by atoms with van der Waals surface area (Å²) in [7, 11) is 1.44. The third-order valence-electron chi connectivity index (χ3n) is 2.91. The zero-order valence-corrected chi connectivity index (χ0v) is 15.2. The third kappa shape index (κ3) is 4.77. The van der Waals surface area contributed by atoms with E-state index in [2.05, 4.69) is 36.5 Å². The van der Waals surface area contributed by atoms with Crippen molar-refractivity contribution in [2.24, 2.45) is 5.10 Å². The first-order chi connectivity index (χ1) is 9.89. The molecule has 1 aliphatic carbocycles. The first-order valence-electron chi connectivity index (χ1n) is 6.61. The Bertz CT molecular complexity index is 570. The van der Waals surface area contributed by atoms with Gasteiger partial charge in [-0.2, -0.15) is 5.10 Å². The molecule has 0 radical (unpaired) electrons. The lowest BCUT2D eigenvalue weighted by molar-refractivity contribution is 0.0636. The Morgan fingerprint density at radius 2 is 2.14 bits per heavy atom. The summed E-state index contributed by atoms with van der Waals surface area (Å²) < 4.78 is 5.25. The van der Waals surface area contributed by atoms with Crippen molar-refractivity contribution < 1.29 is 9.53 Å². The normalized spacial score (nSPS) is 15.7. The van der Waals surface area contributed by atoms with Crippen LogP contribution in [0.4, 0.5) is 10.5 Å². The van der Waals surface area contributed by atoms with Gasteiger partial charge in [-0.1, -0.05) is 6.07 Å². The molecular weight excluding hydrogens is 401 g/mol. The second-order valence-corrected chi connectivity index (χ2v) is 7.38. The zero-order valence-electron chi connectivity index (χ0n) is 12.2. The molecule has 0 bridgehead atoms. The number of carbonyl (C=O) groups is 1. The smallest absolute Gasteiger partial charge is 0.412 e. The molecule has 0 unspecified atom stereocenters. The van der Waals surface area contributed by atoms with Crippen LogP contribution in [0.3, 0.4) is 0 Å². The highest BCUT2D eigenvalue weighted by molar-refractivity contribution is 14.2. The van der Waals surface area contributed by atoms with Crippen molar-refractivity contribution in [3.8, 4) is 0 Å². The molecule has 5 nitrogen and oxygen atoms in total. The number of aryl methyl sites for hydroxylation is 1. The molecule has 0 atom stereocenters. The van der Waals surface area contributed by atoms with Crippen LogP contribution in [0.5, 0.6) is 0 Å². The molecular formula is C14H18IN3O2S. The van der Waals surface area contributed by atoms with E-state index in [1.54, 1.807) is 0 Å². The van der Waals surface area contributed by atoms with Crippen molar-refractivity contribution in [3.05, 3.63) is 29.3 Å². The Balaban J connectivity index is 2.07. The third-order valence-corrected chi connectivity index (χ3v) is 3.66. The SMILES string of the molecule is CC(C)(C)OC(=O)Nc1ccc2c(c1)CC/C2=N\NSI. The van der Waals surface area contributed by atoms with Crippen LogP contribution in [0.15, 0.2) is 23.3 Å². The number of hydrazone groups is 1. The summed E-state index contributed by atoms with van der Waals surface area (Å²) in [5.74, 6) is 0. The summed E-state index contributed by atoms with van der Waals surface area (Å²) in [6.45, 7) is 5.53. The molecule has 1 amide bonds. The predicted molar refractivity (Wildman–Crippen MR) is 95.9 cm³/mol. The number of nitrogens with zero attached hydrogens (tertiary/aromatic N) is 1. The molecule has 2 N–H and O–H groups in total. The topological polar surface area (TPSA) is 62.7 Å². The van der Waals surface area contributed by atoms with Crippen LogP contribution >= 0.6 is 30.3 Å². The fourth-order valence-corrected chi connectivity index (χ4v) is 2.60. The van der Waals surface area contributed by atoms with Gasteiger partial charge in [0.25, 0.3) is 0 Å². The maximum absolute atomic E-state index is 11.8. The minimum absolute atomic E-state index is 0.433. The first-order valence-corrected chi connectivity index (χ1v) is 9.97. The van der Waals surface area contributed by atoms with Gasteiger partial charge in [-0.05, 0) is 51.3 Å². The molecule has 0 fully saturated rings. The Labute approximate surface area is 141 Å². The highest BCUT2D eigenvalue weighted by Crippen LogP contribution is 2.26. The van der Waals surface area contributed by atoms with Crippen LogP contribution in [0.1, 0.15) is 38.3 Å². The van der Waals surface area contributed by atoms with Crippen LogP contribution in [0.25, 0.3) is 0 Å². The Kier molecular flexibility index (Phi) is 5.37. The van der Waals surface area contributed by atoms with Gasteiger partial charge in [0.2, 0.25) is 0 Å². The van der Waals surface area contributed by atoms with E-state index < -0.39 is 11.7 Å². The number of anilines is 1. The van der Waals surface area contributed by atoms with Crippen molar-refractivity contribution in [1.82, 2.24) is 4.83 Å². The molecule has 1 aliphatic rings. The number of hydrogen-bond acceptors (Lipinski definition) is 5.